The van der Waals surface area contributed by atoms with E-state index in [4.69, 9.17) is 0 Å². The Balaban J connectivity index is 2.19. The molecule has 0 unspecified atom stereocenters. The van der Waals surface area contributed by atoms with E-state index in [1.54, 1.807) is 18.7 Å². The molecule has 0 aliphatic heterocycles. The molecule has 3 aromatic heterocycles. The van der Waals surface area contributed by atoms with Crippen LogP contribution in [0, 0.1) is 0 Å². The van der Waals surface area contributed by atoms with Crippen LogP contribution in [0.5, 0.6) is 0 Å². The largest absolute Gasteiger partial charge is 0.274 e. The Morgan fingerprint density at radius 1 is 1.06 bits per heavy atom. The number of benzene rings is 1. The molecule has 0 atom stereocenters. The van der Waals surface area contributed by atoms with Gasteiger partial charge in [-0.1, -0.05) is 12.1 Å². The highest BCUT2D eigenvalue weighted by Gasteiger charge is 2.10. The minimum atomic E-state index is 0.709. The first-order valence-electron chi connectivity index (χ1n) is 5.51. The summed E-state index contributed by atoms with van der Waals surface area (Å²) in [5.74, 6) is 0.709. The molecule has 3 heterocycles. The molecule has 18 heavy (non-hydrogen) atoms. The maximum Gasteiger partial charge on any atom is 0.241 e. The Morgan fingerprint density at radius 2 is 2.00 bits per heavy atom. The highest BCUT2D eigenvalue weighted by atomic mass is 15.3. The van der Waals surface area contributed by atoms with Crippen LogP contribution in [-0.2, 0) is 0 Å². The summed E-state index contributed by atoms with van der Waals surface area (Å²) < 4.78 is 3.79. The lowest BCUT2D eigenvalue weighted by Crippen LogP contribution is -2.00. The van der Waals surface area contributed by atoms with Gasteiger partial charge in [0, 0.05) is 12.4 Å². The van der Waals surface area contributed by atoms with Gasteiger partial charge in [0.25, 0.3) is 0 Å². The molecule has 4 rings (SSSR count). The van der Waals surface area contributed by atoms with Crippen LogP contribution in [0.15, 0.2) is 49.2 Å². The van der Waals surface area contributed by atoms with E-state index >= 15 is 0 Å². The van der Waals surface area contributed by atoms with Crippen LogP contribution >= 0.6 is 0 Å². The summed E-state index contributed by atoms with van der Waals surface area (Å²) in [6.45, 7) is 0. The van der Waals surface area contributed by atoms with Crippen molar-refractivity contribution < 1.29 is 0 Å². The lowest BCUT2D eigenvalue weighted by molar-refractivity contribution is 0.912. The molecule has 0 saturated carbocycles. The molecule has 0 saturated heterocycles. The standard InChI is InChI=1S/C12H8N6/c1-2-4-10-9(3-1)14-7-11-15-16-12(18(10)11)17-6-5-13-8-17/h1-8H. The van der Waals surface area contributed by atoms with Gasteiger partial charge in [0.15, 0.2) is 5.65 Å². The van der Waals surface area contributed by atoms with E-state index < -0.39 is 0 Å². The number of rotatable bonds is 1. The van der Waals surface area contributed by atoms with Gasteiger partial charge in [0.1, 0.15) is 6.33 Å². The van der Waals surface area contributed by atoms with Gasteiger partial charge < -0.3 is 0 Å². The van der Waals surface area contributed by atoms with E-state index in [0.717, 1.165) is 16.7 Å². The fourth-order valence-electron chi connectivity index (χ4n) is 2.04. The molecule has 0 bridgehead atoms. The van der Waals surface area contributed by atoms with Gasteiger partial charge in [-0.25, -0.2) is 4.98 Å². The minimum Gasteiger partial charge on any atom is -0.274 e. The van der Waals surface area contributed by atoms with Crippen molar-refractivity contribution in [2.75, 3.05) is 0 Å². The van der Waals surface area contributed by atoms with Crippen molar-refractivity contribution in [1.29, 1.82) is 0 Å². The fourth-order valence-corrected chi connectivity index (χ4v) is 2.04. The smallest absolute Gasteiger partial charge is 0.241 e. The number of imidazole rings is 1. The summed E-state index contributed by atoms with van der Waals surface area (Å²) in [4.78, 5) is 8.39. The second kappa shape index (κ2) is 3.36. The third kappa shape index (κ3) is 1.17. The maximum absolute atomic E-state index is 4.36. The van der Waals surface area contributed by atoms with Crippen LogP contribution in [0.1, 0.15) is 0 Å². The fraction of sp³-hybridized carbons (Fsp3) is 0. The van der Waals surface area contributed by atoms with E-state index in [9.17, 15) is 0 Å². The third-order valence-corrected chi connectivity index (χ3v) is 2.85. The second-order valence-electron chi connectivity index (χ2n) is 3.91. The van der Waals surface area contributed by atoms with Crippen molar-refractivity contribution in [3.63, 3.8) is 0 Å². The van der Waals surface area contributed by atoms with Crippen molar-refractivity contribution in [3.8, 4) is 5.95 Å². The van der Waals surface area contributed by atoms with Crippen LogP contribution in [0.3, 0.4) is 0 Å². The summed E-state index contributed by atoms with van der Waals surface area (Å²) in [7, 11) is 0. The van der Waals surface area contributed by atoms with E-state index in [1.165, 1.54) is 0 Å². The molecule has 0 aliphatic rings. The number of aromatic nitrogens is 6. The molecular weight excluding hydrogens is 228 g/mol. The second-order valence-corrected chi connectivity index (χ2v) is 3.91. The Labute approximate surface area is 102 Å². The Bertz CT molecular complexity index is 830. The van der Waals surface area contributed by atoms with Crippen LogP contribution in [0.4, 0.5) is 0 Å². The molecule has 1 aromatic carbocycles. The quantitative estimate of drug-likeness (QED) is 0.502. The summed E-state index contributed by atoms with van der Waals surface area (Å²) in [5, 5.41) is 8.31. The van der Waals surface area contributed by atoms with Crippen molar-refractivity contribution in [2.24, 2.45) is 0 Å². The first-order valence-corrected chi connectivity index (χ1v) is 5.51. The molecule has 0 radical (unpaired) electrons. The van der Waals surface area contributed by atoms with Gasteiger partial charge in [0.05, 0.1) is 17.2 Å². The molecule has 6 nitrogen and oxygen atoms in total. The molecule has 0 fully saturated rings. The summed E-state index contributed by atoms with van der Waals surface area (Å²) in [5.41, 5.74) is 2.60. The normalized spacial score (nSPS) is 11.3. The van der Waals surface area contributed by atoms with Crippen LogP contribution in [-0.4, -0.2) is 29.1 Å². The van der Waals surface area contributed by atoms with E-state index in [-0.39, 0.29) is 0 Å². The molecule has 0 N–H and O–H groups in total. The topological polar surface area (TPSA) is 60.9 Å². The van der Waals surface area contributed by atoms with Gasteiger partial charge in [0.2, 0.25) is 5.95 Å². The summed E-state index contributed by atoms with van der Waals surface area (Å²) >= 11 is 0. The minimum absolute atomic E-state index is 0.709. The van der Waals surface area contributed by atoms with E-state index in [2.05, 4.69) is 20.2 Å². The zero-order chi connectivity index (χ0) is 11.9. The highest BCUT2D eigenvalue weighted by molar-refractivity contribution is 5.77. The van der Waals surface area contributed by atoms with Crippen molar-refractivity contribution >= 4 is 16.7 Å². The Kier molecular flexibility index (Phi) is 1.74. The SMILES string of the molecule is c1ccc2c(c1)ncc1nnc(-n3ccnc3)n12. The summed E-state index contributed by atoms with van der Waals surface area (Å²) in [6, 6.07) is 7.90. The molecule has 0 amide bonds. The molecule has 0 aliphatic carbocycles. The zero-order valence-electron chi connectivity index (χ0n) is 9.30. The van der Waals surface area contributed by atoms with Crippen molar-refractivity contribution in [1.82, 2.24) is 29.1 Å². The molecule has 86 valence electrons. The van der Waals surface area contributed by atoms with Gasteiger partial charge in [-0.3, -0.25) is 14.0 Å². The number of hydrogen-bond donors (Lipinski definition) is 0. The lowest BCUT2D eigenvalue weighted by atomic mass is 10.3. The molecular formula is C12H8N6. The van der Waals surface area contributed by atoms with Crippen LogP contribution < -0.4 is 0 Å². The molecule has 0 spiro atoms. The van der Waals surface area contributed by atoms with Gasteiger partial charge in [-0.05, 0) is 12.1 Å². The van der Waals surface area contributed by atoms with Gasteiger partial charge in [-0.15, -0.1) is 10.2 Å². The zero-order valence-corrected chi connectivity index (χ0v) is 9.30. The summed E-state index contributed by atoms with van der Waals surface area (Å²) in [6.07, 6.45) is 6.97. The Morgan fingerprint density at radius 3 is 2.89 bits per heavy atom. The van der Waals surface area contributed by atoms with E-state index in [0.29, 0.717) is 5.95 Å². The average molecular weight is 236 g/mol. The Hall–Kier alpha value is -2.76. The number of hydrogen-bond acceptors (Lipinski definition) is 4. The third-order valence-electron chi connectivity index (χ3n) is 2.85. The number of nitrogens with zero attached hydrogens (tertiary/aromatic N) is 6. The first kappa shape index (κ1) is 9.29. The van der Waals surface area contributed by atoms with Crippen LogP contribution in [0.2, 0.25) is 0 Å². The van der Waals surface area contributed by atoms with Gasteiger partial charge >= 0.3 is 0 Å². The van der Waals surface area contributed by atoms with E-state index in [1.807, 2.05) is 39.4 Å². The van der Waals surface area contributed by atoms with Crippen molar-refractivity contribution in [2.45, 2.75) is 0 Å². The molecule has 4 aromatic rings. The van der Waals surface area contributed by atoms with Crippen LogP contribution in [0.25, 0.3) is 22.6 Å². The van der Waals surface area contributed by atoms with Gasteiger partial charge in [-0.2, -0.15) is 0 Å². The number of para-hydroxylation sites is 2. The highest BCUT2D eigenvalue weighted by Crippen LogP contribution is 2.16. The molecule has 6 heteroatoms. The number of fused-ring (bicyclic) bond motifs is 3. The maximum atomic E-state index is 4.36. The average Bonchev–Trinajstić information content (AvgIpc) is 3.07. The predicted molar refractivity (Wildman–Crippen MR) is 65.4 cm³/mol. The monoisotopic (exact) mass is 236 g/mol. The predicted octanol–water partition coefficient (Wildman–Crippen LogP) is 1.46. The van der Waals surface area contributed by atoms with Crippen molar-refractivity contribution in [3.05, 3.63) is 49.2 Å². The lowest BCUT2D eigenvalue weighted by Gasteiger charge is -2.03. The first-order chi connectivity index (χ1) is 8.93.